The number of halogens is 3. The van der Waals surface area contributed by atoms with Gasteiger partial charge in [-0.25, -0.2) is 8.42 Å². The lowest BCUT2D eigenvalue weighted by atomic mass is 9.77. The van der Waals surface area contributed by atoms with Crippen LogP contribution in [0.25, 0.3) is 33.6 Å². The van der Waals surface area contributed by atoms with Crippen molar-refractivity contribution >= 4 is 10.1 Å². The maximum absolute atomic E-state index is 10.7. The fraction of sp³-hybridized carbons (Fsp3) is 0.233. The smallest absolute Gasteiger partial charge is 0.485 e. The molecule has 1 heterocycles. The predicted molar refractivity (Wildman–Crippen MR) is 143 cm³/mol. The highest BCUT2D eigenvalue weighted by molar-refractivity contribution is 7.86. The summed E-state index contributed by atoms with van der Waals surface area (Å²) in [6.45, 7) is 1.47. The summed E-state index contributed by atoms with van der Waals surface area (Å²) < 4.78 is 61.5. The van der Waals surface area contributed by atoms with E-state index in [0.717, 1.165) is 32.2 Å². The van der Waals surface area contributed by atoms with Crippen molar-refractivity contribution < 1.29 is 30.7 Å². The Labute approximate surface area is 225 Å². The van der Waals surface area contributed by atoms with Crippen LogP contribution in [-0.4, -0.2) is 25.0 Å². The van der Waals surface area contributed by atoms with Gasteiger partial charge in [0.05, 0.1) is 6.54 Å². The van der Waals surface area contributed by atoms with E-state index < -0.39 is 15.6 Å². The monoisotopic (exact) mass is 552 g/mol. The third kappa shape index (κ3) is 5.09. The maximum Gasteiger partial charge on any atom is 0.485 e. The van der Waals surface area contributed by atoms with E-state index in [9.17, 15) is 13.2 Å². The van der Waals surface area contributed by atoms with Gasteiger partial charge in [-0.3, -0.25) is 0 Å². The van der Waals surface area contributed by atoms with Crippen molar-refractivity contribution in [2.24, 2.45) is 5.73 Å². The number of aryl methyl sites for hydroxylation is 2. The molecule has 9 heteroatoms. The van der Waals surface area contributed by atoms with Crippen molar-refractivity contribution in [2.45, 2.75) is 37.7 Å². The van der Waals surface area contributed by atoms with Gasteiger partial charge >= 0.3 is 5.51 Å². The number of hydrogen-bond acceptors (Lipinski definition) is 4. The minimum atomic E-state index is -6.09. The number of nitrogens with zero attached hydrogens (tertiary/aromatic N) is 1. The fourth-order valence-electron chi connectivity index (χ4n) is 5.72. The van der Waals surface area contributed by atoms with Crippen LogP contribution in [-0.2, 0) is 42.3 Å². The van der Waals surface area contributed by atoms with Crippen molar-refractivity contribution in [1.29, 1.82) is 0 Å². The molecule has 2 aliphatic rings. The first-order valence-corrected chi connectivity index (χ1v) is 14.1. The van der Waals surface area contributed by atoms with E-state index in [-0.39, 0.29) is 0 Å². The van der Waals surface area contributed by atoms with Crippen LogP contribution in [0.15, 0.2) is 78.9 Å². The molecule has 3 aromatic carbocycles. The second-order valence-electron chi connectivity index (χ2n) is 9.55. The van der Waals surface area contributed by atoms with Crippen molar-refractivity contribution in [1.82, 2.24) is 0 Å². The van der Waals surface area contributed by atoms with Crippen LogP contribution in [0.2, 0.25) is 0 Å². The molecule has 0 amide bonds. The van der Waals surface area contributed by atoms with Crippen molar-refractivity contribution in [3.63, 3.8) is 0 Å². The number of aromatic nitrogens is 1. The molecule has 0 fully saturated rings. The van der Waals surface area contributed by atoms with Gasteiger partial charge in [-0.15, -0.1) is 0 Å². The highest BCUT2D eigenvalue weighted by atomic mass is 32.2. The molecule has 1 aromatic heterocycles. The molecule has 2 N–H and O–H groups in total. The normalized spacial score (nSPS) is 13.8. The van der Waals surface area contributed by atoms with Crippen LogP contribution in [0.1, 0.15) is 22.3 Å². The zero-order chi connectivity index (χ0) is 27.8. The van der Waals surface area contributed by atoms with Crippen LogP contribution in [0, 0.1) is 0 Å². The number of alkyl halides is 3. The van der Waals surface area contributed by atoms with Gasteiger partial charge in [-0.1, -0.05) is 66.7 Å². The molecular weight excluding hydrogens is 525 g/mol. The number of nitrogens with two attached hydrogens (primary N) is 1. The predicted octanol–water partition coefficient (Wildman–Crippen LogP) is 5.18. The number of benzene rings is 3. The molecule has 0 aliphatic heterocycles. The minimum Gasteiger partial charge on any atom is -0.741 e. The third-order valence-corrected chi connectivity index (χ3v) is 7.81. The molecule has 0 bridgehead atoms. The van der Waals surface area contributed by atoms with Crippen LogP contribution in [0.3, 0.4) is 0 Å². The lowest BCUT2D eigenvalue weighted by Gasteiger charge is -2.28. The van der Waals surface area contributed by atoms with E-state index in [2.05, 4.69) is 83.4 Å². The number of hydrogen-bond donors (Lipinski definition) is 1. The van der Waals surface area contributed by atoms with Crippen LogP contribution in [0.5, 0.6) is 0 Å². The van der Waals surface area contributed by atoms with Gasteiger partial charge in [-0.2, -0.15) is 17.7 Å². The number of fused-ring (bicyclic) bond motifs is 6. The topological polar surface area (TPSA) is 87.1 Å². The van der Waals surface area contributed by atoms with Gasteiger partial charge in [0.15, 0.2) is 16.7 Å². The van der Waals surface area contributed by atoms with Gasteiger partial charge in [0.2, 0.25) is 11.4 Å². The summed E-state index contributed by atoms with van der Waals surface area (Å²) in [5, 5.41) is 0. The molecule has 0 saturated heterocycles. The van der Waals surface area contributed by atoms with Crippen LogP contribution < -0.4 is 10.3 Å². The van der Waals surface area contributed by atoms with Crippen molar-refractivity contribution in [3.05, 3.63) is 101 Å². The van der Waals surface area contributed by atoms with Crippen LogP contribution >= 0.6 is 0 Å². The van der Waals surface area contributed by atoms with E-state index in [1.54, 1.807) is 0 Å². The Balaban J connectivity index is 0.000000339. The standard InChI is InChI=1S/C29H27N2.CHF3O3S/c30-18-19-31-28-23-12-6-4-8-20(23)14-16-25(28)27(22-10-2-1-3-11-22)26-17-15-21-9-5-7-13-24(21)29(26)31;2-1(3,4)8(5,6)7/h1-13H,14-19,30H2;(H,5,6,7)/q+1;/p-1. The molecule has 0 radical (unpaired) electrons. The SMILES string of the molecule is NCC[n+]1c2c(c(-c3ccccc3)c3c1-c1ccccc1CC3)CCc1ccccc1-2.O=S(=O)([O-])C(F)(F)F. The average Bonchev–Trinajstić information content (AvgIpc) is 2.92. The second-order valence-corrected chi connectivity index (χ2v) is 10.9. The molecule has 202 valence electrons. The van der Waals surface area contributed by atoms with Crippen molar-refractivity contribution in [2.75, 3.05) is 6.54 Å². The Hall–Kier alpha value is -3.53. The lowest BCUT2D eigenvalue weighted by molar-refractivity contribution is -0.673. The number of rotatable bonds is 3. The van der Waals surface area contributed by atoms with E-state index in [0.29, 0.717) is 6.54 Å². The molecule has 0 unspecified atom stereocenters. The molecule has 6 rings (SSSR count). The Morgan fingerprint density at radius 2 is 1.18 bits per heavy atom. The zero-order valence-corrected chi connectivity index (χ0v) is 21.9. The fourth-order valence-corrected chi connectivity index (χ4v) is 5.72. The second kappa shape index (κ2) is 10.6. The first-order chi connectivity index (χ1) is 18.6. The summed E-state index contributed by atoms with van der Waals surface area (Å²) in [7, 11) is -6.09. The highest BCUT2D eigenvalue weighted by Gasteiger charge is 2.38. The Kier molecular flexibility index (Phi) is 7.33. The van der Waals surface area contributed by atoms with Gasteiger partial charge < -0.3 is 10.3 Å². The van der Waals surface area contributed by atoms with E-state index in [1.165, 1.54) is 55.9 Å². The average molecular weight is 553 g/mol. The largest absolute Gasteiger partial charge is 0.741 e. The Morgan fingerprint density at radius 3 is 1.62 bits per heavy atom. The molecule has 39 heavy (non-hydrogen) atoms. The summed E-state index contributed by atoms with van der Waals surface area (Å²) in [4.78, 5) is 0. The molecule has 0 atom stereocenters. The van der Waals surface area contributed by atoms with Crippen LogP contribution in [0.4, 0.5) is 13.2 Å². The van der Waals surface area contributed by atoms with Crippen molar-refractivity contribution in [3.8, 4) is 33.6 Å². The first kappa shape index (κ1) is 27.1. The third-order valence-electron chi connectivity index (χ3n) is 7.25. The van der Waals surface area contributed by atoms with Gasteiger partial charge in [0.25, 0.3) is 0 Å². The summed E-state index contributed by atoms with van der Waals surface area (Å²) >= 11 is 0. The lowest BCUT2D eigenvalue weighted by Crippen LogP contribution is -2.45. The summed E-state index contributed by atoms with van der Waals surface area (Å²) in [5.74, 6) is 0. The maximum atomic E-state index is 10.7. The number of pyridine rings is 1. The summed E-state index contributed by atoms with van der Waals surface area (Å²) in [6, 6.07) is 28.9. The molecular formula is C30H27F3N2O3S. The molecule has 4 aromatic rings. The Morgan fingerprint density at radius 1 is 0.744 bits per heavy atom. The molecule has 5 nitrogen and oxygen atoms in total. The summed E-state index contributed by atoms with van der Waals surface area (Å²) in [6.07, 6.45) is 4.36. The van der Waals surface area contributed by atoms with Gasteiger partial charge in [0.1, 0.15) is 0 Å². The minimum absolute atomic E-state index is 0.637. The highest BCUT2D eigenvalue weighted by Crippen LogP contribution is 2.44. The first-order valence-electron chi connectivity index (χ1n) is 12.7. The quantitative estimate of drug-likeness (QED) is 0.216. The molecule has 0 spiro atoms. The van der Waals surface area contributed by atoms with Gasteiger partial charge in [-0.05, 0) is 54.5 Å². The summed E-state index contributed by atoms with van der Waals surface area (Å²) in [5.41, 5.74) is 14.7. The molecule has 2 aliphatic carbocycles. The zero-order valence-electron chi connectivity index (χ0n) is 21.0. The van der Waals surface area contributed by atoms with E-state index in [4.69, 9.17) is 18.7 Å². The molecule has 0 saturated carbocycles. The Bertz CT molecular complexity index is 1560. The van der Waals surface area contributed by atoms with Gasteiger partial charge in [0, 0.05) is 27.8 Å². The van der Waals surface area contributed by atoms with E-state index >= 15 is 0 Å². The van der Waals surface area contributed by atoms with E-state index in [1.807, 2.05) is 0 Å².